The van der Waals surface area contributed by atoms with Crippen molar-refractivity contribution in [3.63, 3.8) is 0 Å². The molecule has 29 heavy (non-hydrogen) atoms. The van der Waals surface area contributed by atoms with Gasteiger partial charge in [0.15, 0.2) is 11.5 Å². The van der Waals surface area contributed by atoms with E-state index in [1.165, 1.54) is 0 Å². The van der Waals surface area contributed by atoms with Gasteiger partial charge >= 0.3 is 0 Å². The summed E-state index contributed by atoms with van der Waals surface area (Å²) in [4.78, 5) is 15.3. The Labute approximate surface area is 176 Å². The van der Waals surface area contributed by atoms with Crippen LogP contribution in [0.1, 0.15) is 22.0 Å². The largest absolute Gasteiger partial charge is 0.496 e. The molecule has 0 aliphatic carbocycles. The van der Waals surface area contributed by atoms with Gasteiger partial charge in [-0.2, -0.15) is 0 Å². The van der Waals surface area contributed by atoms with E-state index in [0.29, 0.717) is 49.1 Å². The maximum atomic E-state index is 13.4. The second-order valence-corrected chi connectivity index (χ2v) is 6.66. The number of benzene rings is 2. The van der Waals surface area contributed by atoms with Crippen LogP contribution in [-0.4, -0.2) is 57.9 Å². The molecule has 7 nitrogen and oxygen atoms in total. The Bertz CT molecular complexity index is 859. The summed E-state index contributed by atoms with van der Waals surface area (Å²) in [5.41, 5.74) is 1.50. The van der Waals surface area contributed by atoms with Crippen molar-refractivity contribution in [2.24, 2.45) is 0 Å². The molecule has 4 rings (SSSR count). The smallest absolute Gasteiger partial charge is 0.254 e. The Hall–Kier alpha value is -2.64. The minimum atomic E-state index is -0.128. The second-order valence-electron chi connectivity index (χ2n) is 6.66. The molecule has 2 aromatic rings. The lowest BCUT2D eigenvalue weighted by Gasteiger charge is -2.37. The first-order valence-electron chi connectivity index (χ1n) is 9.35. The SMILES string of the molecule is COc1ccccc1C1CNCCN1C(=O)c1cc(OC)c2c(c1)OCCO2.Cl. The van der Waals surface area contributed by atoms with Crippen molar-refractivity contribution in [1.29, 1.82) is 0 Å². The third-order valence-electron chi connectivity index (χ3n) is 5.08. The molecule has 0 bridgehead atoms. The Morgan fingerprint density at radius 1 is 1.10 bits per heavy atom. The number of rotatable bonds is 4. The summed E-state index contributed by atoms with van der Waals surface area (Å²) in [6.45, 7) is 2.90. The number of carbonyl (C=O) groups is 1. The summed E-state index contributed by atoms with van der Waals surface area (Å²) < 4.78 is 22.3. The molecule has 2 aromatic carbocycles. The zero-order chi connectivity index (χ0) is 19.5. The first-order valence-corrected chi connectivity index (χ1v) is 9.35. The molecule has 1 unspecified atom stereocenters. The lowest BCUT2D eigenvalue weighted by Crippen LogP contribution is -2.48. The van der Waals surface area contributed by atoms with Crippen LogP contribution >= 0.6 is 12.4 Å². The molecule has 8 heteroatoms. The van der Waals surface area contributed by atoms with E-state index >= 15 is 0 Å². The predicted molar refractivity (Wildman–Crippen MR) is 111 cm³/mol. The summed E-state index contributed by atoms with van der Waals surface area (Å²) in [5, 5.41) is 3.37. The number of para-hydroxylation sites is 1. The number of methoxy groups -OCH3 is 2. The fourth-order valence-corrected chi connectivity index (χ4v) is 3.73. The minimum absolute atomic E-state index is 0. The number of amides is 1. The van der Waals surface area contributed by atoms with E-state index in [0.717, 1.165) is 17.9 Å². The lowest BCUT2D eigenvalue weighted by atomic mass is 10.0. The molecule has 0 radical (unpaired) electrons. The van der Waals surface area contributed by atoms with E-state index < -0.39 is 0 Å². The van der Waals surface area contributed by atoms with Crippen LogP contribution in [0.3, 0.4) is 0 Å². The summed E-state index contributed by atoms with van der Waals surface area (Å²) in [6.07, 6.45) is 0. The van der Waals surface area contributed by atoms with E-state index in [4.69, 9.17) is 18.9 Å². The van der Waals surface area contributed by atoms with E-state index in [1.54, 1.807) is 26.4 Å². The van der Waals surface area contributed by atoms with Crippen LogP contribution < -0.4 is 24.3 Å². The zero-order valence-corrected chi connectivity index (χ0v) is 17.3. The highest BCUT2D eigenvalue weighted by Crippen LogP contribution is 2.41. The van der Waals surface area contributed by atoms with Crippen LogP contribution in [0.4, 0.5) is 0 Å². The summed E-state index contributed by atoms with van der Waals surface area (Å²) >= 11 is 0. The molecule has 2 heterocycles. The highest BCUT2D eigenvalue weighted by Gasteiger charge is 2.32. The van der Waals surface area contributed by atoms with E-state index in [2.05, 4.69) is 5.32 Å². The average molecular weight is 421 g/mol. The van der Waals surface area contributed by atoms with E-state index in [-0.39, 0.29) is 24.4 Å². The molecule has 1 amide bonds. The topological polar surface area (TPSA) is 69.3 Å². The second kappa shape index (κ2) is 9.24. The highest BCUT2D eigenvalue weighted by atomic mass is 35.5. The molecule has 1 N–H and O–H groups in total. The van der Waals surface area contributed by atoms with Crippen molar-refractivity contribution < 1.29 is 23.7 Å². The summed E-state index contributed by atoms with van der Waals surface area (Å²) in [5.74, 6) is 2.29. The first-order chi connectivity index (χ1) is 13.7. The number of halogens is 1. The molecule has 0 spiro atoms. The number of ether oxygens (including phenoxy) is 4. The summed E-state index contributed by atoms with van der Waals surface area (Å²) in [7, 11) is 3.21. The Kier molecular flexibility index (Phi) is 6.71. The number of fused-ring (bicyclic) bond motifs is 1. The molecular weight excluding hydrogens is 396 g/mol. The number of hydrogen-bond donors (Lipinski definition) is 1. The van der Waals surface area contributed by atoms with Gasteiger partial charge in [-0.25, -0.2) is 0 Å². The number of hydrogen-bond acceptors (Lipinski definition) is 6. The Morgan fingerprint density at radius 2 is 1.86 bits per heavy atom. The minimum Gasteiger partial charge on any atom is -0.496 e. The first kappa shape index (κ1) is 21.1. The van der Waals surface area contributed by atoms with Crippen LogP contribution in [-0.2, 0) is 0 Å². The molecule has 1 saturated heterocycles. The average Bonchev–Trinajstić information content (AvgIpc) is 2.77. The van der Waals surface area contributed by atoms with Gasteiger partial charge in [0.2, 0.25) is 5.75 Å². The molecule has 0 aromatic heterocycles. The predicted octanol–water partition coefficient (Wildman–Crippen LogP) is 2.68. The summed E-state index contributed by atoms with van der Waals surface area (Å²) in [6, 6.07) is 11.1. The van der Waals surface area contributed by atoms with Gasteiger partial charge in [-0.05, 0) is 18.2 Å². The fraction of sp³-hybridized carbons (Fsp3) is 0.381. The lowest BCUT2D eigenvalue weighted by molar-refractivity contribution is 0.0630. The van der Waals surface area contributed by atoms with Gasteiger partial charge in [-0.3, -0.25) is 4.79 Å². The van der Waals surface area contributed by atoms with Gasteiger partial charge in [0.25, 0.3) is 5.91 Å². The van der Waals surface area contributed by atoms with E-state index in [1.807, 2.05) is 29.2 Å². The zero-order valence-electron chi connectivity index (χ0n) is 16.5. The van der Waals surface area contributed by atoms with Gasteiger partial charge in [-0.15, -0.1) is 12.4 Å². The third-order valence-corrected chi connectivity index (χ3v) is 5.08. The van der Waals surface area contributed by atoms with Crippen LogP contribution in [0, 0.1) is 0 Å². The molecule has 1 fully saturated rings. The molecule has 2 aliphatic rings. The van der Waals surface area contributed by atoms with Crippen molar-refractivity contribution in [3.8, 4) is 23.0 Å². The van der Waals surface area contributed by atoms with Crippen molar-refractivity contribution in [2.75, 3.05) is 47.1 Å². The molecule has 0 saturated carbocycles. The van der Waals surface area contributed by atoms with E-state index in [9.17, 15) is 4.79 Å². The van der Waals surface area contributed by atoms with Gasteiger partial charge in [0, 0.05) is 30.8 Å². The Morgan fingerprint density at radius 3 is 2.66 bits per heavy atom. The highest BCUT2D eigenvalue weighted by molar-refractivity contribution is 5.96. The van der Waals surface area contributed by atoms with Gasteiger partial charge in [0.05, 0.1) is 20.3 Å². The molecular formula is C21H25ClN2O5. The standard InChI is InChI=1S/C21H24N2O5.ClH/c1-25-17-6-4-3-5-15(17)16-13-22-7-8-23(16)21(24)14-11-18(26-2)20-19(12-14)27-9-10-28-20;/h3-6,11-12,16,22H,7-10,13H2,1-2H3;1H. The van der Waals surface area contributed by atoms with Gasteiger partial charge in [0.1, 0.15) is 19.0 Å². The van der Waals surface area contributed by atoms with Crippen molar-refractivity contribution in [3.05, 3.63) is 47.5 Å². The van der Waals surface area contributed by atoms with Crippen LogP contribution in [0.15, 0.2) is 36.4 Å². The van der Waals surface area contributed by atoms with Crippen molar-refractivity contribution >= 4 is 18.3 Å². The quantitative estimate of drug-likeness (QED) is 0.820. The number of piperazine rings is 1. The van der Waals surface area contributed by atoms with Crippen LogP contribution in [0.25, 0.3) is 0 Å². The van der Waals surface area contributed by atoms with Crippen molar-refractivity contribution in [2.45, 2.75) is 6.04 Å². The molecule has 1 atom stereocenters. The van der Waals surface area contributed by atoms with Crippen molar-refractivity contribution in [1.82, 2.24) is 10.2 Å². The maximum Gasteiger partial charge on any atom is 0.254 e. The maximum absolute atomic E-state index is 13.4. The number of carbonyl (C=O) groups excluding carboxylic acids is 1. The fourth-order valence-electron chi connectivity index (χ4n) is 3.73. The Balaban J connectivity index is 0.00000240. The number of nitrogens with one attached hydrogen (secondary N) is 1. The molecule has 156 valence electrons. The van der Waals surface area contributed by atoms with Crippen LogP contribution in [0.2, 0.25) is 0 Å². The normalized spacial score (nSPS) is 17.9. The molecule has 2 aliphatic heterocycles. The van der Waals surface area contributed by atoms with Gasteiger partial charge in [-0.1, -0.05) is 18.2 Å². The monoisotopic (exact) mass is 420 g/mol. The third kappa shape index (κ3) is 4.06. The van der Waals surface area contributed by atoms with Gasteiger partial charge < -0.3 is 29.2 Å². The number of nitrogens with zero attached hydrogens (tertiary/aromatic N) is 1. The van der Waals surface area contributed by atoms with Crippen LogP contribution in [0.5, 0.6) is 23.0 Å².